The van der Waals surface area contributed by atoms with Gasteiger partial charge in [-0.25, -0.2) is 0 Å². The molecule has 1 aromatic heterocycles. The Hall–Kier alpha value is -1.25. The Labute approximate surface area is 113 Å². The summed E-state index contributed by atoms with van der Waals surface area (Å²) in [6, 6.07) is 3.69. The van der Waals surface area contributed by atoms with Crippen LogP contribution in [0.3, 0.4) is 0 Å². The minimum absolute atomic E-state index is 0.0543. The average Bonchev–Trinajstić information content (AvgIpc) is 3.14. The maximum Gasteiger partial charge on any atom is 0.313 e. The van der Waals surface area contributed by atoms with Gasteiger partial charge in [-0.1, -0.05) is 6.42 Å². The van der Waals surface area contributed by atoms with Crippen molar-refractivity contribution in [3.8, 4) is 0 Å². The Morgan fingerprint density at radius 2 is 2.37 bits per heavy atom. The fraction of sp³-hybridized carbons (Fsp3) is 0.688. The largest absolute Gasteiger partial charge is 0.466 e. The van der Waals surface area contributed by atoms with Gasteiger partial charge in [0.1, 0.15) is 12.4 Å². The van der Waals surface area contributed by atoms with E-state index in [1.165, 1.54) is 32.1 Å². The molecule has 0 aromatic carbocycles. The summed E-state index contributed by atoms with van der Waals surface area (Å²) in [5, 5.41) is 0. The summed E-state index contributed by atoms with van der Waals surface area (Å²) in [4.78, 5) is 12.7. The summed E-state index contributed by atoms with van der Waals surface area (Å²) in [5.74, 6) is 2.79. The molecule has 3 heteroatoms. The van der Waals surface area contributed by atoms with E-state index in [0.717, 1.165) is 18.1 Å². The van der Waals surface area contributed by atoms with Crippen molar-refractivity contribution in [2.45, 2.75) is 45.1 Å². The van der Waals surface area contributed by atoms with Crippen LogP contribution in [0.4, 0.5) is 0 Å². The highest BCUT2D eigenvalue weighted by atomic mass is 16.5. The zero-order valence-corrected chi connectivity index (χ0v) is 11.1. The van der Waals surface area contributed by atoms with Crippen LogP contribution < -0.4 is 0 Å². The topological polar surface area (TPSA) is 39.4 Å². The van der Waals surface area contributed by atoms with E-state index in [1.807, 2.05) is 12.1 Å². The summed E-state index contributed by atoms with van der Waals surface area (Å²) in [6.45, 7) is 0.289. The van der Waals surface area contributed by atoms with Crippen LogP contribution in [-0.4, -0.2) is 5.97 Å². The molecule has 1 aromatic rings. The monoisotopic (exact) mass is 260 g/mol. The van der Waals surface area contributed by atoms with Gasteiger partial charge in [-0.3, -0.25) is 4.79 Å². The van der Waals surface area contributed by atoms with E-state index in [2.05, 4.69) is 0 Å². The minimum Gasteiger partial charge on any atom is -0.466 e. The standard InChI is InChI=1S/C16H20O3/c17-15(19-10-13-3-2-8-18-13)16-7-1-4-14(16)11-5-6-12(16)9-11/h2-3,8,11-12,14H,1,4-7,9-10H2/t11-,12+,14+,16+/m0/s1. The highest BCUT2D eigenvalue weighted by molar-refractivity contribution is 5.79. The number of fused-ring (bicyclic) bond motifs is 5. The second-order valence-corrected chi connectivity index (χ2v) is 6.46. The third kappa shape index (κ3) is 1.53. The summed E-state index contributed by atoms with van der Waals surface area (Å²) in [6.07, 6.45) is 8.94. The zero-order chi connectivity index (χ0) is 12.9. The van der Waals surface area contributed by atoms with Gasteiger partial charge in [0, 0.05) is 0 Å². The predicted octanol–water partition coefficient (Wildman–Crippen LogP) is 3.54. The maximum atomic E-state index is 12.7. The van der Waals surface area contributed by atoms with E-state index in [1.54, 1.807) is 6.26 Å². The summed E-state index contributed by atoms with van der Waals surface area (Å²) in [5.41, 5.74) is -0.129. The van der Waals surface area contributed by atoms with Crippen molar-refractivity contribution in [1.82, 2.24) is 0 Å². The third-order valence-electron chi connectivity index (χ3n) is 5.84. The first-order valence-electron chi connectivity index (χ1n) is 7.50. The van der Waals surface area contributed by atoms with Crippen LogP contribution in [0.25, 0.3) is 0 Å². The molecule has 3 saturated carbocycles. The van der Waals surface area contributed by atoms with Crippen LogP contribution in [0.15, 0.2) is 22.8 Å². The van der Waals surface area contributed by atoms with Gasteiger partial charge in [0.05, 0.1) is 11.7 Å². The summed E-state index contributed by atoms with van der Waals surface area (Å²) >= 11 is 0. The molecule has 0 unspecified atom stereocenters. The normalized spacial score (nSPS) is 39.5. The molecule has 4 rings (SSSR count). The van der Waals surface area contributed by atoms with Gasteiger partial charge in [0.25, 0.3) is 0 Å². The molecular weight excluding hydrogens is 240 g/mol. The maximum absolute atomic E-state index is 12.7. The van der Waals surface area contributed by atoms with Crippen LogP contribution >= 0.6 is 0 Å². The van der Waals surface area contributed by atoms with Crippen LogP contribution in [0.1, 0.15) is 44.3 Å². The molecule has 0 radical (unpaired) electrons. The van der Waals surface area contributed by atoms with Crippen LogP contribution in [0.5, 0.6) is 0 Å². The molecule has 3 aliphatic carbocycles. The van der Waals surface area contributed by atoms with Crippen molar-refractivity contribution >= 4 is 5.97 Å². The molecule has 0 N–H and O–H groups in total. The molecule has 102 valence electrons. The predicted molar refractivity (Wildman–Crippen MR) is 69.1 cm³/mol. The van der Waals surface area contributed by atoms with Crippen LogP contribution in [-0.2, 0) is 16.1 Å². The molecule has 19 heavy (non-hydrogen) atoms. The molecule has 0 aliphatic heterocycles. The molecule has 0 amide bonds. The number of rotatable bonds is 3. The molecule has 1 heterocycles. The van der Waals surface area contributed by atoms with Crippen molar-refractivity contribution in [3.05, 3.63) is 24.2 Å². The van der Waals surface area contributed by atoms with Gasteiger partial charge in [-0.05, 0) is 62.0 Å². The first-order chi connectivity index (χ1) is 9.30. The van der Waals surface area contributed by atoms with Crippen LogP contribution in [0, 0.1) is 23.2 Å². The molecule has 4 atom stereocenters. The first kappa shape index (κ1) is 11.6. The zero-order valence-electron chi connectivity index (χ0n) is 11.1. The highest BCUT2D eigenvalue weighted by Gasteiger charge is 2.64. The number of furan rings is 1. The fourth-order valence-electron chi connectivity index (χ4n) is 5.16. The first-order valence-corrected chi connectivity index (χ1v) is 7.50. The van der Waals surface area contributed by atoms with Gasteiger partial charge in [0.15, 0.2) is 0 Å². The van der Waals surface area contributed by atoms with Crippen molar-refractivity contribution in [2.75, 3.05) is 0 Å². The molecule has 3 aliphatic rings. The van der Waals surface area contributed by atoms with Crippen molar-refractivity contribution in [2.24, 2.45) is 23.2 Å². The third-order valence-corrected chi connectivity index (χ3v) is 5.84. The SMILES string of the molecule is O=C(OCc1ccco1)[C@@]12CCC[C@@H]1[C@H]1CC[C@@H]2C1. The minimum atomic E-state index is -0.129. The van der Waals surface area contributed by atoms with Gasteiger partial charge in [-0.2, -0.15) is 0 Å². The number of hydrogen-bond acceptors (Lipinski definition) is 3. The second-order valence-electron chi connectivity index (χ2n) is 6.46. The lowest BCUT2D eigenvalue weighted by molar-refractivity contribution is -0.164. The Morgan fingerprint density at radius 1 is 1.42 bits per heavy atom. The van der Waals surface area contributed by atoms with Crippen molar-refractivity contribution in [1.29, 1.82) is 0 Å². The Balaban J connectivity index is 1.52. The average molecular weight is 260 g/mol. The smallest absolute Gasteiger partial charge is 0.313 e. The van der Waals surface area contributed by atoms with Gasteiger partial charge in [0.2, 0.25) is 0 Å². The van der Waals surface area contributed by atoms with Gasteiger partial charge >= 0.3 is 5.97 Å². The lowest BCUT2D eigenvalue weighted by atomic mass is 9.68. The molecule has 3 nitrogen and oxygen atoms in total. The molecule has 3 fully saturated rings. The Bertz CT molecular complexity index is 478. The fourth-order valence-corrected chi connectivity index (χ4v) is 5.16. The Kier molecular flexibility index (Phi) is 2.51. The van der Waals surface area contributed by atoms with E-state index in [0.29, 0.717) is 11.8 Å². The van der Waals surface area contributed by atoms with Crippen molar-refractivity contribution < 1.29 is 13.9 Å². The van der Waals surface area contributed by atoms with Crippen LogP contribution in [0.2, 0.25) is 0 Å². The molecule has 0 spiro atoms. The molecular formula is C16H20O3. The van der Waals surface area contributed by atoms with Crippen molar-refractivity contribution in [3.63, 3.8) is 0 Å². The van der Waals surface area contributed by atoms with Gasteiger partial charge in [-0.15, -0.1) is 0 Å². The number of ether oxygens (including phenoxy) is 1. The number of hydrogen-bond donors (Lipinski definition) is 0. The summed E-state index contributed by atoms with van der Waals surface area (Å²) < 4.78 is 10.8. The lowest BCUT2D eigenvalue weighted by Crippen LogP contribution is -2.41. The quantitative estimate of drug-likeness (QED) is 0.780. The number of carbonyl (C=O) groups is 1. The molecule has 0 saturated heterocycles. The van der Waals surface area contributed by atoms with Gasteiger partial charge < -0.3 is 9.15 Å². The number of carbonyl (C=O) groups excluding carboxylic acids is 1. The van der Waals surface area contributed by atoms with E-state index in [-0.39, 0.29) is 18.0 Å². The second kappa shape index (κ2) is 4.12. The lowest BCUT2D eigenvalue weighted by Gasteiger charge is -2.36. The summed E-state index contributed by atoms with van der Waals surface area (Å²) in [7, 11) is 0. The highest BCUT2D eigenvalue weighted by Crippen LogP contribution is 2.66. The van der Waals surface area contributed by atoms with E-state index >= 15 is 0 Å². The van der Waals surface area contributed by atoms with E-state index in [9.17, 15) is 4.79 Å². The Morgan fingerprint density at radius 3 is 3.21 bits per heavy atom. The van der Waals surface area contributed by atoms with E-state index < -0.39 is 0 Å². The number of esters is 1. The van der Waals surface area contributed by atoms with E-state index in [4.69, 9.17) is 9.15 Å². The molecule has 2 bridgehead atoms.